The van der Waals surface area contributed by atoms with Crippen LogP contribution in [0, 0.1) is 0 Å². The van der Waals surface area contributed by atoms with Crippen LogP contribution >= 0.6 is 0 Å². The van der Waals surface area contributed by atoms with Crippen molar-refractivity contribution in [3.63, 3.8) is 0 Å². The molecule has 0 aliphatic rings. The van der Waals surface area contributed by atoms with Crippen LogP contribution in [0.2, 0.25) is 0 Å². The fraction of sp³-hybridized carbons (Fsp3) is 0.455. The van der Waals surface area contributed by atoms with Gasteiger partial charge in [0.25, 0.3) is 0 Å². The summed E-state index contributed by atoms with van der Waals surface area (Å²) < 4.78 is 50.5. The van der Waals surface area contributed by atoms with E-state index in [1.54, 1.807) is 24.3 Å². The lowest BCUT2D eigenvalue weighted by atomic mass is 10.1. The third kappa shape index (κ3) is 5.55. The van der Waals surface area contributed by atoms with Gasteiger partial charge in [-0.1, -0.05) is 24.3 Å². The summed E-state index contributed by atoms with van der Waals surface area (Å²) in [5, 5.41) is 0. The summed E-state index contributed by atoms with van der Waals surface area (Å²) in [6, 6.07) is 6.96. The number of hydrogen-bond acceptors (Lipinski definition) is 5. The summed E-state index contributed by atoms with van der Waals surface area (Å²) >= 11 is 0. The average Bonchev–Trinajstić information content (AvgIpc) is 2.38. The molecule has 0 bridgehead atoms. The number of hydrogen-bond donors (Lipinski definition) is 3. The predicted octanol–water partition coefficient (Wildman–Crippen LogP) is -0.886. The lowest BCUT2D eigenvalue weighted by molar-refractivity contribution is 0.578. The van der Waals surface area contributed by atoms with Crippen LogP contribution in [0.3, 0.4) is 0 Å². The van der Waals surface area contributed by atoms with Crippen LogP contribution in [-0.2, 0) is 32.3 Å². The van der Waals surface area contributed by atoms with Crippen molar-refractivity contribution in [3.05, 3.63) is 35.4 Å². The monoisotopic (exact) mass is 321 g/mol. The molecule has 9 heteroatoms. The van der Waals surface area contributed by atoms with Crippen molar-refractivity contribution in [3.8, 4) is 0 Å². The molecule has 0 heterocycles. The van der Waals surface area contributed by atoms with Crippen molar-refractivity contribution in [1.29, 1.82) is 0 Å². The van der Waals surface area contributed by atoms with Gasteiger partial charge in [0, 0.05) is 13.1 Å². The Balaban J connectivity index is 2.66. The SMILES string of the molecule is CNS(=O)(=O)CCNS(=O)(=O)Cc1ccccc1CN. The van der Waals surface area contributed by atoms with Gasteiger partial charge < -0.3 is 5.73 Å². The highest BCUT2D eigenvalue weighted by atomic mass is 32.2. The van der Waals surface area contributed by atoms with Gasteiger partial charge in [0.1, 0.15) is 0 Å². The number of nitrogens with two attached hydrogens (primary N) is 1. The molecule has 0 amide bonds. The molecule has 0 aliphatic heterocycles. The molecule has 4 N–H and O–H groups in total. The molecular weight excluding hydrogens is 302 g/mol. The van der Waals surface area contributed by atoms with Gasteiger partial charge >= 0.3 is 0 Å². The normalized spacial score (nSPS) is 12.5. The van der Waals surface area contributed by atoms with E-state index in [1.165, 1.54) is 7.05 Å². The maximum Gasteiger partial charge on any atom is 0.215 e. The van der Waals surface area contributed by atoms with Crippen LogP contribution in [0.4, 0.5) is 0 Å². The molecule has 0 saturated heterocycles. The minimum absolute atomic E-state index is 0.170. The Kier molecular flexibility index (Phi) is 6.08. The first kappa shape index (κ1) is 17.1. The molecular formula is C11H19N3O4S2. The Morgan fingerprint density at radius 2 is 1.65 bits per heavy atom. The van der Waals surface area contributed by atoms with E-state index in [0.29, 0.717) is 5.56 Å². The zero-order valence-corrected chi connectivity index (χ0v) is 12.8. The summed E-state index contributed by atoms with van der Waals surface area (Å²) in [5.41, 5.74) is 6.90. The Hall–Kier alpha value is -1.00. The lowest BCUT2D eigenvalue weighted by Gasteiger charge is -2.10. The molecule has 0 spiro atoms. The lowest BCUT2D eigenvalue weighted by Crippen LogP contribution is -2.33. The van der Waals surface area contributed by atoms with E-state index in [1.807, 2.05) is 0 Å². The molecule has 0 aromatic heterocycles. The highest BCUT2D eigenvalue weighted by Gasteiger charge is 2.15. The van der Waals surface area contributed by atoms with Gasteiger partial charge in [0.05, 0.1) is 11.5 Å². The number of rotatable bonds is 8. The summed E-state index contributed by atoms with van der Waals surface area (Å²) in [5.74, 6) is -0.527. The standard InChI is InChI=1S/C11H19N3O4S2/c1-13-19(15,16)7-6-14-20(17,18)9-11-5-3-2-4-10(11)8-12/h2-5,13-14H,6-9,12H2,1H3. The molecule has 114 valence electrons. The second kappa shape index (κ2) is 7.14. The first-order valence-corrected chi connectivity index (χ1v) is 9.25. The van der Waals surface area contributed by atoms with Crippen molar-refractivity contribution in [2.24, 2.45) is 5.73 Å². The van der Waals surface area contributed by atoms with Crippen molar-refractivity contribution < 1.29 is 16.8 Å². The third-order valence-corrected chi connectivity index (χ3v) is 5.39. The van der Waals surface area contributed by atoms with E-state index >= 15 is 0 Å². The van der Waals surface area contributed by atoms with Gasteiger partial charge in [-0.2, -0.15) is 0 Å². The van der Waals surface area contributed by atoms with E-state index in [2.05, 4.69) is 9.44 Å². The fourth-order valence-corrected chi connectivity index (χ4v) is 3.50. The molecule has 20 heavy (non-hydrogen) atoms. The second-order valence-electron chi connectivity index (χ2n) is 4.15. The number of benzene rings is 1. The smallest absolute Gasteiger partial charge is 0.215 e. The number of sulfonamides is 2. The zero-order chi connectivity index (χ0) is 15.2. The molecule has 0 aliphatic carbocycles. The quantitative estimate of drug-likeness (QED) is 0.574. The molecule has 0 atom stereocenters. The van der Waals surface area contributed by atoms with Crippen molar-refractivity contribution in [1.82, 2.24) is 9.44 Å². The highest BCUT2D eigenvalue weighted by molar-refractivity contribution is 7.90. The predicted molar refractivity (Wildman–Crippen MR) is 77.8 cm³/mol. The van der Waals surface area contributed by atoms with E-state index in [9.17, 15) is 16.8 Å². The summed E-state index contributed by atoms with van der Waals surface area (Å²) in [6.45, 7) is 0.0795. The van der Waals surface area contributed by atoms with Crippen molar-refractivity contribution >= 4 is 20.0 Å². The van der Waals surface area contributed by atoms with Gasteiger partial charge in [-0.3, -0.25) is 0 Å². The molecule has 1 aromatic rings. The van der Waals surface area contributed by atoms with Crippen LogP contribution in [0.25, 0.3) is 0 Å². The van der Waals surface area contributed by atoms with Crippen LogP contribution in [-0.4, -0.2) is 36.2 Å². The minimum Gasteiger partial charge on any atom is -0.326 e. The van der Waals surface area contributed by atoms with Gasteiger partial charge in [0.2, 0.25) is 20.0 Å². The van der Waals surface area contributed by atoms with Gasteiger partial charge in [-0.05, 0) is 18.2 Å². The first-order chi connectivity index (χ1) is 9.29. The molecule has 1 rings (SSSR count). The van der Waals surface area contributed by atoms with Crippen LogP contribution in [0.15, 0.2) is 24.3 Å². The summed E-state index contributed by atoms with van der Waals surface area (Å²) in [4.78, 5) is 0. The maximum atomic E-state index is 11.9. The largest absolute Gasteiger partial charge is 0.326 e. The Morgan fingerprint density at radius 1 is 1.05 bits per heavy atom. The topological polar surface area (TPSA) is 118 Å². The fourth-order valence-electron chi connectivity index (χ4n) is 1.59. The van der Waals surface area contributed by atoms with Crippen LogP contribution < -0.4 is 15.2 Å². The molecule has 7 nitrogen and oxygen atoms in total. The molecule has 0 fully saturated rings. The first-order valence-electron chi connectivity index (χ1n) is 5.95. The minimum atomic E-state index is -3.60. The van der Waals surface area contributed by atoms with Crippen LogP contribution in [0.1, 0.15) is 11.1 Å². The van der Waals surface area contributed by atoms with Crippen LogP contribution in [0.5, 0.6) is 0 Å². The van der Waals surface area contributed by atoms with E-state index < -0.39 is 20.0 Å². The summed E-state index contributed by atoms with van der Waals surface area (Å²) in [6.07, 6.45) is 0. The third-order valence-electron chi connectivity index (χ3n) is 2.69. The highest BCUT2D eigenvalue weighted by Crippen LogP contribution is 2.11. The molecule has 0 saturated carbocycles. The van der Waals surface area contributed by atoms with E-state index in [4.69, 9.17) is 5.73 Å². The molecule has 0 radical (unpaired) electrons. The van der Waals surface area contributed by atoms with Crippen molar-refractivity contribution in [2.75, 3.05) is 19.3 Å². The zero-order valence-electron chi connectivity index (χ0n) is 11.2. The number of nitrogens with one attached hydrogen (secondary N) is 2. The van der Waals surface area contributed by atoms with Gasteiger partial charge in [-0.15, -0.1) is 0 Å². The summed E-state index contributed by atoms with van der Waals surface area (Å²) in [7, 11) is -5.74. The van der Waals surface area contributed by atoms with Gasteiger partial charge in [-0.25, -0.2) is 26.3 Å². The van der Waals surface area contributed by atoms with Gasteiger partial charge in [0.15, 0.2) is 0 Å². The Morgan fingerprint density at radius 3 is 2.20 bits per heavy atom. The molecule has 0 unspecified atom stereocenters. The Labute approximate surface area is 119 Å². The van der Waals surface area contributed by atoms with E-state index in [0.717, 1.165) is 5.56 Å². The van der Waals surface area contributed by atoms with E-state index in [-0.39, 0.29) is 24.6 Å². The average molecular weight is 321 g/mol. The second-order valence-corrected chi connectivity index (χ2v) is 8.00. The Bertz CT molecular complexity index is 641. The maximum absolute atomic E-state index is 11.9. The molecule has 1 aromatic carbocycles. The van der Waals surface area contributed by atoms with Crippen molar-refractivity contribution in [2.45, 2.75) is 12.3 Å².